The number of hydrogen-bond donors (Lipinski definition) is 1. The van der Waals surface area contributed by atoms with Crippen molar-refractivity contribution in [3.8, 4) is 6.07 Å². The second kappa shape index (κ2) is 5.84. The summed E-state index contributed by atoms with van der Waals surface area (Å²) >= 11 is 0. The molecular formula is C15H11N3O3. The molecule has 0 saturated heterocycles. The Labute approximate surface area is 120 Å². The molecule has 0 aliphatic carbocycles. The molecule has 6 heteroatoms. The van der Waals surface area contributed by atoms with Crippen LogP contribution in [-0.2, 0) is 0 Å². The van der Waals surface area contributed by atoms with E-state index < -0.39 is 10.8 Å². The number of nitro benzene ring substituents is 1. The smallest absolute Gasteiger partial charge is 0.274 e. The van der Waals surface area contributed by atoms with Gasteiger partial charge >= 0.3 is 0 Å². The standard InChI is InChI=1S/C15H11N3O3/c1-10-5-6-13(8-14(10)18(20)21)17-15(19)12-4-2-3-11(7-12)9-16/h2-8H,1H3,(H,17,19). The number of nitriles is 1. The summed E-state index contributed by atoms with van der Waals surface area (Å²) in [7, 11) is 0. The van der Waals surface area contributed by atoms with Crippen LogP contribution in [0.2, 0.25) is 0 Å². The van der Waals surface area contributed by atoms with Crippen molar-refractivity contribution < 1.29 is 9.72 Å². The van der Waals surface area contributed by atoms with Gasteiger partial charge in [0, 0.05) is 22.9 Å². The van der Waals surface area contributed by atoms with Crippen LogP contribution in [0, 0.1) is 28.4 Å². The Hall–Kier alpha value is -3.20. The molecule has 0 atom stereocenters. The maximum atomic E-state index is 12.1. The molecule has 0 bridgehead atoms. The monoisotopic (exact) mass is 281 g/mol. The molecule has 0 saturated carbocycles. The number of nitrogens with one attached hydrogen (secondary N) is 1. The van der Waals surface area contributed by atoms with E-state index in [0.29, 0.717) is 22.4 Å². The number of amides is 1. The van der Waals surface area contributed by atoms with Crippen molar-refractivity contribution in [1.82, 2.24) is 0 Å². The van der Waals surface area contributed by atoms with Crippen LogP contribution >= 0.6 is 0 Å². The zero-order valence-electron chi connectivity index (χ0n) is 11.2. The van der Waals surface area contributed by atoms with Crippen molar-refractivity contribution in [3.63, 3.8) is 0 Å². The molecule has 2 aromatic rings. The molecule has 0 heterocycles. The Bertz CT molecular complexity index is 763. The van der Waals surface area contributed by atoms with Gasteiger partial charge in [-0.25, -0.2) is 0 Å². The third-order valence-corrected chi connectivity index (χ3v) is 2.92. The van der Waals surface area contributed by atoms with Gasteiger partial charge in [-0.2, -0.15) is 5.26 Å². The minimum atomic E-state index is -0.499. The molecule has 0 aliphatic heterocycles. The van der Waals surface area contributed by atoms with Gasteiger partial charge in [0.1, 0.15) is 0 Å². The Kier molecular flexibility index (Phi) is 3.95. The highest BCUT2D eigenvalue weighted by Gasteiger charge is 2.13. The fourth-order valence-electron chi connectivity index (χ4n) is 1.82. The number of nitrogens with zero attached hydrogens (tertiary/aromatic N) is 2. The number of aryl methyl sites for hydroxylation is 1. The maximum absolute atomic E-state index is 12.1. The number of anilines is 1. The molecule has 0 unspecified atom stereocenters. The summed E-state index contributed by atoms with van der Waals surface area (Å²) < 4.78 is 0. The maximum Gasteiger partial charge on any atom is 0.274 e. The van der Waals surface area contributed by atoms with Gasteiger partial charge in [0.2, 0.25) is 0 Å². The number of hydrogen-bond acceptors (Lipinski definition) is 4. The van der Waals surface area contributed by atoms with Crippen molar-refractivity contribution in [2.75, 3.05) is 5.32 Å². The fraction of sp³-hybridized carbons (Fsp3) is 0.0667. The summed E-state index contributed by atoms with van der Waals surface area (Å²) in [5, 5.41) is 22.3. The lowest BCUT2D eigenvalue weighted by Crippen LogP contribution is -2.12. The average Bonchev–Trinajstić information content (AvgIpc) is 2.49. The Morgan fingerprint density at radius 3 is 2.71 bits per heavy atom. The number of carbonyl (C=O) groups is 1. The SMILES string of the molecule is Cc1ccc(NC(=O)c2cccc(C#N)c2)cc1[N+](=O)[O-]. The predicted octanol–water partition coefficient (Wildman–Crippen LogP) is 3.03. The van der Waals surface area contributed by atoms with E-state index >= 15 is 0 Å². The number of rotatable bonds is 3. The van der Waals surface area contributed by atoms with E-state index in [9.17, 15) is 14.9 Å². The molecule has 0 radical (unpaired) electrons. The largest absolute Gasteiger partial charge is 0.322 e. The van der Waals surface area contributed by atoms with Gasteiger partial charge in [0.05, 0.1) is 16.6 Å². The Morgan fingerprint density at radius 1 is 1.29 bits per heavy atom. The Balaban J connectivity index is 2.25. The molecule has 6 nitrogen and oxygen atoms in total. The summed E-state index contributed by atoms with van der Waals surface area (Å²) in [6, 6.07) is 12.6. The van der Waals surface area contributed by atoms with Crippen molar-refractivity contribution in [2.24, 2.45) is 0 Å². The zero-order chi connectivity index (χ0) is 15.4. The fourth-order valence-corrected chi connectivity index (χ4v) is 1.82. The molecule has 0 spiro atoms. The lowest BCUT2D eigenvalue weighted by molar-refractivity contribution is -0.385. The van der Waals surface area contributed by atoms with Crippen LogP contribution < -0.4 is 5.32 Å². The lowest BCUT2D eigenvalue weighted by atomic mass is 10.1. The van der Waals surface area contributed by atoms with Crippen LogP contribution in [-0.4, -0.2) is 10.8 Å². The van der Waals surface area contributed by atoms with Crippen LogP contribution in [0.15, 0.2) is 42.5 Å². The molecule has 1 N–H and O–H groups in total. The normalized spacial score (nSPS) is 9.71. The first-order valence-corrected chi connectivity index (χ1v) is 6.08. The van der Waals surface area contributed by atoms with Crippen molar-refractivity contribution in [3.05, 3.63) is 69.3 Å². The Morgan fingerprint density at radius 2 is 2.05 bits per heavy atom. The first-order chi connectivity index (χ1) is 10.0. The number of benzene rings is 2. The molecule has 2 rings (SSSR count). The molecule has 1 amide bonds. The predicted molar refractivity (Wildman–Crippen MR) is 76.9 cm³/mol. The molecule has 0 fully saturated rings. The van der Waals surface area contributed by atoms with E-state index in [1.54, 1.807) is 37.3 Å². The highest BCUT2D eigenvalue weighted by molar-refractivity contribution is 6.04. The topological polar surface area (TPSA) is 96.0 Å². The van der Waals surface area contributed by atoms with Gasteiger partial charge in [-0.15, -0.1) is 0 Å². The quantitative estimate of drug-likeness (QED) is 0.690. The molecule has 0 aromatic heterocycles. The van der Waals surface area contributed by atoms with Gasteiger partial charge in [0.15, 0.2) is 0 Å². The first-order valence-electron chi connectivity index (χ1n) is 6.08. The summed E-state index contributed by atoms with van der Waals surface area (Å²) in [5.74, 6) is -0.426. The van der Waals surface area contributed by atoms with Crippen molar-refractivity contribution in [1.29, 1.82) is 5.26 Å². The molecular weight excluding hydrogens is 270 g/mol. The number of nitro groups is 1. The zero-order valence-corrected chi connectivity index (χ0v) is 11.2. The minimum Gasteiger partial charge on any atom is -0.322 e. The highest BCUT2D eigenvalue weighted by Crippen LogP contribution is 2.22. The van der Waals surface area contributed by atoms with Crippen LogP contribution in [0.25, 0.3) is 0 Å². The van der Waals surface area contributed by atoms with E-state index in [1.165, 1.54) is 12.1 Å². The van der Waals surface area contributed by atoms with Crippen LogP contribution in [0.3, 0.4) is 0 Å². The summed E-state index contributed by atoms with van der Waals surface area (Å²) in [6.07, 6.45) is 0. The third kappa shape index (κ3) is 3.22. The van der Waals surface area contributed by atoms with Gasteiger partial charge in [0.25, 0.3) is 11.6 Å². The second-order valence-electron chi connectivity index (χ2n) is 4.41. The molecule has 104 valence electrons. The molecule has 21 heavy (non-hydrogen) atoms. The van der Waals surface area contributed by atoms with Gasteiger partial charge in [-0.05, 0) is 31.2 Å². The van der Waals surface area contributed by atoms with Crippen LogP contribution in [0.4, 0.5) is 11.4 Å². The van der Waals surface area contributed by atoms with Gasteiger partial charge < -0.3 is 5.32 Å². The van der Waals surface area contributed by atoms with E-state index in [1.807, 2.05) is 6.07 Å². The second-order valence-corrected chi connectivity index (χ2v) is 4.41. The van der Waals surface area contributed by atoms with E-state index in [4.69, 9.17) is 5.26 Å². The van der Waals surface area contributed by atoms with Gasteiger partial charge in [-0.1, -0.05) is 12.1 Å². The van der Waals surface area contributed by atoms with Gasteiger partial charge in [-0.3, -0.25) is 14.9 Å². The number of carbonyl (C=O) groups excluding carboxylic acids is 1. The summed E-state index contributed by atoms with van der Waals surface area (Å²) in [5.41, 5.74) is 1.48. The van der Waals surface area contributed by atoms with Crippen molar-refractivity contribution >= 4 is 17.3 Å². The first kappa shape index (κ1) is 14.2. The third-order valence-electron chi connectivity index (χ3n) is 2.92. The summed E-state index contributed by atoms with van der Waals surface area (Å²) in [6.45, 7) is 1.63. The summed E-state index contributed by atoms with van der Waals surface area (Å²) in [4.78, 5) is 22.4. The highest BCUT2D eigenvalue weighted by atomic mass is 16.6. The minimum absolute atomic E-state index is 0.0569. The van der Waals surface area contributed by atoms with E-state index in [-0.39, 0.29) is 5.69 Å². The van der Waals surface area contributed by atoms with Crippen LogP contribution in [0.5, 0.6) is 0 Å². The molecule has 2 aromatic carbocycles. The van der Waals surface area contributed by atoms with E-state index in [0.717, 1.165) is 0 Å². The molecule has 0 aliphatic rings. The van der Waals surface area contributed by atoms with E-state index in [2.05, 4.69) is 5.32 Å². The average molecular weight is 281 g/mol. The van der Waals surface area contributed by atoms with Crippen LogP contribution in [0.1, 0.15) is 21.5 Å². The van der Waals surface area contributed by atoms with Crippen molar-refractivity contribution in [2.45, 2.75) is 6.92 Å². The lowest BCUT2D eigenvalue weighted by Gasteiger charge is -2.06.